The van der Waals surface area contributed by atoms with Crippen molar-refractivity contribution in [3.63, 3.8) is 0 Å². The van der Waals surface area contributed by atoms with Gasteiger partial charge in [0.25, 0.3) is 0 Å². The Morgan fingerprint density at radius 1 is 0.889 bits per heavy atom. The van der Waals surface area contributed by atoms with E-state index in [1.54, 1.807) is 0 Å². The molecule has 0 aromatic carbocycles. The zero-order chi connectivity index (χ0) is 13.5. The van der Waals surface area contributed by atoms with Crippen LogP contribution in [0, 0.1) is 0 Å². The van der Waals surface area contributed by atoms with Gasteiger partial charge in [0.2, 0.25) is 0 Å². The third-order valence-electron chi connectivity index (χ3n) is 2.60. The van der Waals surface area contributed by atoms with E-state index in [2.05, 4.69) is 37.3 Å². The molecule has 102 valence electrons. The molecule has 0 fully saturated rings. The summed E-state index contributed by atoms with van der Waals surface area (Å²) in [4.78, 5) is 10.3. The van der Waals surface area contributed by atoms with Gasteiger partial charge in [-0.2, -0.15) is 0 Å². The highest BCUT2D eigenvalue weighted by molar-refractivity contribution is 5.66. The van der Waals surface area contributed by atoms with E-state index >= 15 is 0 Å². The fraction of sp³-hybridized carbons (Fsp3) is 0.562. The third-order valence-corrected chi connectivity index (χ3v) is 2.60. The van der Waals surface area contributed by atoms with Crippen LogP contribution >= 0.6 is 0 Å². The molecule has 2 nitrogen and oxygen atoms in total. The van der Waals surface area contributed by atoms with Crippen molar-refractivity contribution in [3.8, 4) is 0 Å². The predicted octanol–water partition coefficient (Wildman–Crippen LogP) is 4.88. The molecular weight excluding hydrogens is 224 g/mol. The SMILES string of the molecule is CC/C=C/C=C/C=C/CCCCCCCC(=O)O. The van der Waals surface area contributed by atoms with Gasteiger partial charge in [-0.15, -0.1) is 0 Å². The first-order chi connectivity index (χ1) is 8.77. The molecule has 0 unspecified atom stereocenters. The summed E-state index contributed by atoms with van der Waals surface area (Å²) >= 11 is 0. The monoisotopic (exact) mass is 250 g/mol. The van der Waals surface area contributed by atoms with Gasteiger partial charge in [0.15, 0.2) is 0 Å². The van der Waals surface area contributed by atoms with E-state index in [0.29, 0.717) is 6.42 Å². The molecule has 0 aliphatic rings. The Kier molecular flexibility index (Phi) is 12.8. The fourth-order valence-corrected chi connectivity index (χ4v) is 1.59. The highest BCUT2D eigenvalue weighted by atomic mass is 16.4. The summed E-state index contributed by atoms with van der Waals surface area (Å²) in [6.07, 6.45) is 20.5. The number of carbonyl (C=O) groups is 1. The molecule has 0 amide bonds. The molecule has 0 heterocycles. The number of carboxylic acids is 1. The van der Waals surface area contributed by atoms with Gasteiger partial charge in [0.05, 0.1) is 0 Å². The van der Waals surface area contributed by atoms with Crippen molar-refractivity contribution in [3.05, 3.63) is 36.5 Å². The Morgan fingerprint density at radius 3 is 2.17 bits per heavy atom. The van der Waals surface area contributed by atoms with Crippen LogP contribution in [0.5, 0.6) is 0 Å². The van der Waals surface area contributed by atoms with Gasteiger partial charge in [-0.1, -0.05) is 62.6 Å². The minimum Gasteiger partial charge on any atom is -0.481 e. The molecule has 18 heavy (non-hydrogen) atoms. The van der Waals surface area contributed by atoms with Crippen molar-refractivity contribution in [2.75, 3.05) is 0 Å². The molecule has 0 radical (unpaired) electrons. The zero-order valence-electron chi connectivity index (χ0n) is 11.5. The fourth-order valence-electron chi connectivity index (χ4n) is 1.59. The van der Waals surface area contributed by atoms with Gasteiger partial charge >= 0.3 is 5.97 Å². The Bertz CT molecular complexity index is 275. The van der Waals surface area contributed by atoms with Gasteiger partial charge in [-0.05, 0) is 25.7 Å². The maximum Gasteiger partial charge on any atom is 0.303 e. The molecule has 0 aromatic heterocycles. The van der Waals surface area contributed by atoms with Crippen LogP contribution < -0.4 is 0 Å². The number of aliphatic carboxylic acids is 1. The lowest BCUT2D eigenvalue weighted by Gasteiger charge is -1.97. The lowest BCUT2D eigenvalue weighted by atomic mass is 10.1. The lowest BCUT2D eigenvalue weighted by Crippen LogP contribution is -1.93. The first-order valence-electron chi connectivity index (χ1n) is 6.97. The molecule has 1 N–H and O–H groups in total. The van der Waals surface area contributed by atoms with Crippen molar-refractivity contribution >= 4 is 5.97 Å². The van der Waals surface area contributed by atoms with Crippen LogP contribution in [-0.2, 0) is 4.79 Å². The highest BCUT2D eigenvalue weighted by Gasteiger charge is 1.95. The average Bonchev–Trinajstić information content (AvgIpc) is 2.34. The molecule has 0 bridgehead atoms. The van der Waals surface area contributed by atoms with Crippen LogP contribution in [-0.4, -0.2) is 11.1 Å². The second kappa shape index (κ2) is 13.8. The van der Waals surface area contributed by atoms with Crippen molar-refractivity contribution in [1.82, 2.24) is 0 Å². The minimum absolute atomic E-state index is 0.315. The van der Waals surface area contributed by atoms with E-state index in [9.17, 15) is 4.79 Å². The molecule has 2 heteroatoms. The maximum absolute atomic E-state index is 10.3. The summed E-state index contributed by atoms with van der Waals surface area (Å²) in [5.41, 5.74) is 0. The number of unbranched alkanes of at least 4 members (excludes halogenated alkanes) is 5. The Balaban J connectivity index is 3.24. The Morgan fingerprint density at radius 2 is 1.50 bits per heavy atom. The summed E-state index contributed by atoms with van der Waals surface area (Å²) in [6.45, 7) is 2.12. The van der Waals surface area contributed by atoms with Crippen molar-refractivity contribution in [2.45, 2.75) is 58.3 Å². The topological polar surface area (TPSA) is 37.3 Å². The van der Waals surface area contributed by atoms with Gasteiger partial charge in [0, 0.05) is 6.42 Å². The van der Waals surface area contributed by atoms with Crippen LogP contribution in [0.4, 0.5) is 0 Å². The smallest absolute Gasteiger partial charge is 0.303 e. The van der Waals surface area contributed by atoms with Gasteiger partial charge in [-0.25, -0.2) is 0 Å². The van der Waals surface area contributed by atoms with E-state index in [1.807, 2.05) is 6.08 Å². The Hall–Kier alpha value is -1.31. The van der Waals surface area contributed by atoms with E-state index in [-0.39, 0.29) is 0 Å². The predicted molar refractivity (Wildman–Crippen MR) is 77.7 cm³/mol. The van der Waals surface area contributed by atoms with Crippen LogP contribution in [0.25, 0.3) is 0 Å². The Labute approximate surface area is 111 Å². The zero-order valence-corrected chi connectivity index (χ0v) is 11.5. The van der Waals surface area contributed by atoms with E-state index in [0.717, 1.165) is 32.1 Å². The summed E-state index contributed by atoms with van der Waals surface area (Å²) in [5, 5.41) is 8.47. The summed E-state index contributed by atoms with van der Waals surface area (Å²) in [7, 11) is 0. The standard InChI is InChI=1S/C16H26O2/c1-2-3-4-5-6-7-8-9-10-11-12-13-14-15-16(17)18/h3-8H,2,9-15H2,1H3,(H,17,18)/b4-3+,6-5+,8-7+. The van der Waals surface area contributed by atoms with E-state index in [4.69, 9.17) is 5.11 Å². The molecule has 0 saturated heterocycles. The van der Waals surface area contributed by atoms with Crippen LogP contribution in [0.15, 0.2) is 36.5 Å². The number of hydrogen-bond acceptors (Lipinski definition) is 1. The molecule has 0 aliphatic carbocycles. The van der Waals surface area contributed by atoms with Crippen molar-refractivity contribution in [2.24, 2.45) is 0 Å². The summed E-state index contributed by atoms with van der Waals surface area (Å²) in [5.74, 6) is -0.679. The number of hydrogen-bond donors (Lipinski definition) is 1. The molecule has 0 aliphatic heterocycles. The van der Waals surface area contributed by atoms with Crippen LogP contribution in [0.3, 0.4) is 0 Å². The average molecular weight is 250 g/mol. The number of allylic oxidation sites excluding steroid dienone is 6. The van der Waals surface area contributed by atoms with Gasteiger partial charge < -0.3 is 5.11 Å². The van der Waals surface area contributed by atoms with E-state index in [1.165, 1.54) is 12.8 Å². The second-order valence-electron chi connectivity index (χ2n) is 4.35. The van der Waals surface area contributed by atoms with Crippen molar-refractivity contribution < 1.29 is 9.90 Å². The quantitative estimate of drug-likeness (QED) is 0.419. The lowest BCUT2D eigenvalue weighted by molar-refractivity contribution is -0.137. The normalized spacial score (nSPS) is 12.1. The molecule has 0 aromatic rings. The first kappa shape index (κ1) is 16.7. The van der Waals surface area contributed by atoms with Crippen molar-refractivity contribution in [1.29, 1.82) is 0 Å². The van der Waals surface area contributed by atoms with Gasteiger partial charge in [-0.3, -0.25) is 4.79 Å². The number of rotatable bonds is 11. The molecule has 0 rings (SSSR count). The molecule has 0 spiro atoms. The van der Waals surface area contributed by atoms with Crippen LogP contribution in [0.1, 0.15) is 58.3 Å². The first-order valence-corrected chi connectivity index (χ1v) is 6.97. The molecule has 0 atom stereocenters. The van der Waals surface area contributed by atoms with E-state index < -0.39 is 5.97 Å². The van der Waals surface area contributed by atoms with Gasteiger partial charge in [0.1, 0.15) is 0 Å². The van der Waals surface area contributed by atoms with Crippen LogP contribution in [0.2, 0.25) is 0 Å². The summed E-state index contributed by atoms with van der Waals surface area (Å²) in [6, 6.07) is 0. The third kappa shape index (κ3) is 14.7. The largest absolute Gasteiger partial charge is 0.481 e. The maximum atomic E-state index is 10.3. The number of carboxylic acid groups (broad SMARTS) is 1. The molecule has 0 saturated carbocycles. The second-order valence-corrected chi connectivity index (χ2v) is 4.35. The summed E-state index contributed by atoms with van der Waals surface area (Å²) < 4.78 is 0. The minimum atomic E-state index is -0.679. The molecular formula is C16H26O2. The highest BCUT2D eigenvalue weighted by Crippen LogP contribution is 2.07.